The Balaban J connectivity index is 1.53. The van der Waals surface area contributed by atoms with Crippen molar-refractivity contribution in [2.75, 3.05) is 0 Å². The minimum Gasteiger partial charge on any atom is -0.347 e. The Bertz CT molecular complexity index is 653. The molecule has 4 fully saturated rings. The number of amides is 1. The second-order valence-corrected chi connectivity index (χ2v) is 8.85. The molecule has 4 bridgehead atoms. The van der Waals surface area contributed by atoms with E-state index in [1.165, 1.54) is 38.5 Å². The molecule has 0 radical (unpaired) electrons. The maximum Gasteiger partial charge on any atom is 0.247 e. The number of benzene rings is 1. The van der Waals surface area contributed by atoms with Crippen molar-refractivity contribution in [2.24, 2.45) is 17.8 Å². The van der Waals surface area contributed by atoms with E-state index in [1.54, 1.807) is 0 Å². The summed E-state index contributed by atoms with van der Waals surface area (Å²) in [5, 5.41) is 4.19. The number of carbonyl (C=O) groups excluding carboxylic acids is 1. The summed E-state index contributed by atoms with van der Waals surface area (Å²) in [7, 11) is 0. The first-order chi connectivity index (χ1) is 11.4. The monoisotopic (exact) mass is 343 g/mol. The van der Waals surface area contributed by atoms with E-state index in [2.05, 4.69) is 5.32 Å². The summed E-state index contributed by atoms with van der Waals surface area (Å²) >= 11 is 5.97. The summed E-state index contributed by atoms with van der Waals surface area (Å²) in [5.41, 5.74) is 3.01. The lowest BCUT2D eigenvalue weighted by Crippen LogP contribution is -2.60. The van der Waals surface area contributed by atoms with Crippen LogP contribution in [0.3, 0.4) is 0 Å². The average Bonchev–Trinajstić information content (AvgIpc) is 2.52. The van der Waals surface area contributed by atoms with E-state index in [1.807, 2.05) is 38.1 Å². The SMILES string of the molecule is C/C(C(=O)NC12CC3CC(CC(C3)C1)C2)=C(\C)c1ccc(Cl)cc1. The fourth-order valence-electron chi connectivity index (χ4n) is 5.69. The molecule has 0 aromatic heterocycles. The lowest BCUT2D eigenvalue weighted by molar-refractivity contribution is -0.123. The first kappa shape index (κ1) is 16.2. The summed E-state index contributed by atoms with van der Waals surface area (Å²) in [5.74, 6) is 2.65. The molecule has 1 amide bonds. The molecule has 4 aliphatic rings. The minimum atomic E-state index is 0.0768. The van der Waals surface area contributed by atoms with Crippen molar-refractivity contribution in [3.05, 3.63) is 40.4 Å². The molecular weight excluding hydrogens is 318 g/mol. The zero-order valence-electron chi connectivity index (χ0n) is 14.6. The largest absolute Gasteiger partial charge is 0.347 e. The highest BCUT2D eigenvalue weighted by Crippen LogP contribution is 2.55. The van der Waals surface area contributed by atoms with Gasteiger partial charge in [0.2, 0.25) is 5.91 Å². The fraction of sp³-hybridized carbons (Fsp3) is 0.571. The second kappa shape index (κ2) is 5.91. The van der Waals surface area contributed by atoms with Crippen LogP contribution in [0.5, 0.6) is 0 Å². The second-order valence-electron chi connectivity index (χ2n) is 8.41. The molecule has 128 valence electrons. The van der Waals surface area contributed by atoms with E-state index in [0.717, 1.165) is 39.5 Å². The fourth-order valence-corrected chi connectivity index (χ4v) is 5.81. The van der Waals surface area contributed by atoms with Gasteiger partial charge >= 0.3 is 0 Å². The van der Waals surface area contributed by atoms with Crippen LogP contribution in [-0.2, 0) is 4.79 Å². The van der Waals surface area contributed by atoms with Gasteiger partial charge in [0, 0.05) is 16.1 Å². The first-order valence-electron chi connectivity index (χ1n) is 9.20. The number of rotatable bonds is 3. The molecule has 4 aliphatic carbocycles. The predicted octanol–water partition coefficient (Wildman–Crippen LogP) is 5.22. The van der Waals surface area contributed by atoms with Gasteiger partial charge in [-0.2, -0.15) is 0 Å². The standard InChI is InChI=1S/C21H26ClNO/c1-13(18-3-5-19(22)6-4-18)14(2)20(24)23-21-10-15-7-16(11-21)9-17(8-15)12-21/h3-6,15-17H,7-12H2,1-2H3,(H,23,24)/b14-13-. The molecule has 0 spiro atoms. The molecule has 0 unspecified atom stereocenters. The van der Waals surface area contributed by atoms with Gasteiger partial charge in [0.05, 0.1) is 0 Å². The quantitative estimate of drug-likeness (QED) is 0.749. The molecule has 2 nitrogen and oxygen atoms in total. The van der Waals surface area contributed by atoms with E-state index in [9.17, 15) is 4.79 Å². The lowest BCUT2D eigenvalue weighted by atomic mass is 9.53. The molecule has 3 heteroatoms. The van der Waals surface area contributed by atoms with Crippen LogP contribution in [0, 0.1) is 17.8 Å². The van der Waals surface area contributed by atoms with Crippen LogP contribution in [0.2, 0.25) is 5.02 Å². The number of allylic oxidation sites excluding steroid dienone is 1. The minimum absolute atomic E-state index is 0.0768. The Morgan fingerprint density at radius 3 is 2.00 bits per heavy atom. The van der Waals surface area contributed by atoms with Crippen LogP contribution >= 0.6 is 11.6 Å². The van der Waals surface area contributed by atoms with E-state index in [-0.39, 0.29) is 11.4 Å². The summed E-state index contributed by atoms with van der Waals surface area (Å²) < 4.78 is 0. The molecule has 1 aromatic carbocycles. The van der Waals surface area contributed by atoms with Crippen LogP contribution in [0.1, 0.15) is 57.9 Å². The number of nitrogens with one attached hydrogen (secondary N) is 1. The third-order valence-corrected chi connectivity index (χ3v) is 6.85. The molecule has 4 saturated carbocycles. The number of hydrogen-bond acceptors (Lipinski definition) is 1. The number of halogens is 1. The lowest BCUT2D eigenvalue weighted by Gasteiger charge is -2.57. The van der Waals surface area contributed by atoms with Gasteiger partial charge in [0.25, 0.3) is 0 Å². The number of carbonyl (C=O) groups is 1. The van der Waals surface area contributed by atoms with E-state index in [0.29, 0.717) is 0 Å². The Morgan fingerprint density at radius 1 is 1.00 bits per heavy atom. The summed E-state index contributed by atoms with van der Waals surface area (Å²) in [6.07, 6.45) is 7.77. The maximum atomic E-state index is 12.9. The van der Waals surface area contributed by atoms with Crippen molar-refractivity contribution in [3.63, 3.8) is 0 Å². The van der Waals surface area contributed by atoms with Gasteiger partial charge < -0.3 is 5.32 Å². The number of hydrogen-bond donors (Lipinski definition) is 1. The third kappa shape index (κ3) is 2.90. The normalized spacial score (nSPS) is 34.9. The van der Waals surface area contributed by atoms with E-state index < -0.39 is 0 Å². The highest BCUT2D eigenvalue weighted by Gasteiger charge is 2.51. The predicted molar refractivity (Wildman–Crippen MR) is 98.8 cm³/mol. The third-order valence-electron chi connectivity index (χ3n) is 6.60. The summed E-state index contributed by atoms with van der Waals surface area (Å²) in [4.78, 5) is 12.9. The van der Waals surface area contributed by atoms with Crippen LogP contribution in [0.4, 0.5) is 0 Å². The zero-order valence-corrected chi connectivity index (χ0v) is 15.3. The Morgan fingerprint density at radius 2 is 1.50 bits per heavy atom. The molecule has 5 rings (SSSR count). The van der Waals surface area contributed by atoms with Gasteiger partial charge in [-0.3, -0.25) is 4.79 Å². The molecule has 0 atom stereocenters. The van der Waals surface area contributed by atoms with Gasteiger partial charge in [-0.15, -0.1) is 0 Å². The first-order valence-corrected chi connectivity index (χ1v) is 9.58. The highest BCUT2D eigenvalue weighted by molar-refractivity contribution is 6.30. The van der Waals surface area contributed by atoms with Crippen molar-refractivity contribution in [2.45, 2.75) is 57.9 Å². The van der Waals surface area contributed by atoms with Crippen LogP contribution in [-0.4, -0.2) is 11.4 Å². The Kier molecular flexibility index (Phi) is 3.99. The van der Waals surface area contributed by atoms with Crippen LogP contribution in [0.25, 0.3) is 5.57 Å². The average molecular weight is 344 g/mol. The molecule has 0 saturated heterocycles. The van der Waals surface area contributed by atoms with Gasteiger partial charge in [-0.25, -0.2) is 0 Å². The Labute approximate surface area is 149 Å². The van der Waals surface area contributed by atoms with E-state index >= 15 is 0 Å². The molecule has 0 heterocycles. The Hall–Kier alpha value is -1.28. The van der Waals surface area contributed by atoms with Crippen LogP contribution in [0.15, 0.2) is 29.8 Å². The molecule has 1 aromatic rings. The van der Waals surface area contributed by atoms with Gasteiger partial charge in [-0.05, 0) is 93.4 Å². The topological polar surface area (TPSA) is 29.1 Å². The van der Waals surface area contributed by atoms with Crippen molar-refractivity contribution in [1.82, 2.24) is 5.32 Å². The van der Waals surface area contributed by atoms with Crippen molar-refractivity contribution in [3.8, 4) is 0 Å². The summed E-state index contributed by atoms with van der Waals surface area (Å²) in [6.45, 7) is 3.97. The smallest absolute Gasteiger partial charge is 0.247 e. The summed E-state index contributed by atoms with van der Waals surface area (Å²) in [6, 6.07) is 7.73. The molecule has 0 aliphatic heterocycles. The zero-order chi connectivity index (χ0) is 16.9. The van der Waals surface area contributed by atoms with Crippen LogP contribution < -0.4 is 5.32 Å². The molecule has 1 N–H and O–H groups in total. The van der Waals surface area contributed by atoms with Crippen molar-refractivity contribution >= 4 is 23.1 Å². The van der Waals surface area contributed by atoms with Gasteiger partial charge in [-0.1, -0.05) is 23.7 Å². The van der Waals surface area contributed by atoms with Gasteiger partial charge in [0.1, 0.15) is 0 Å². The molecule has 24 heavy (non-hydrogen) atoms. The maximum absolute atomic E-state index is 12.9. The van der Waals surface area contributed by atoms with Crippen molar-refractivity contribution < 1.29 is 4.79 Å². The van der Waals surface area contributed by atoms with Crippen molar-refractivity contribution in [1.29, 1.82) is 0 Å². The highest BCUT2D eigenvalue weighted by atomic mass is 35.5. The molecular formula is C21H26ClNO. The van der Waals surface area contributed by atoms with Gasteiger partial charge in [0.15, 0.2) is 0 Å². The van der Waals surface area contributed by atoms with E-state index in [4.69, 9.17) is 11.6 Å².